The molecule has 0 bridgehead atoms. The molecule has 4 rings (SSSR count). The standard InChI is InChI=1S/C20H25N3O/c1-2-23-11-5-7-15(23)12-22-20(24)18-13-21-19-16-8-4-3-6-14(16)9-10-17(18)19/h3-4,6,8,13,15,21H,2,5,7,9-12H2,1H3,(H,22,24)/t15-/m1/s1. The van der Waals surface area contributed by atoms with Gasteiger partial charge in [-0.2, -0.15) is 0 Å². The van der Waals surface area contributed by atoms with Gasteiger partial charge in [-0.3, -0.25) is 9.69 Å². The maximum absolute atomic E-state index is 12.7. The van der Waals surface area contributed by atoms with Gasteiger partial charge in [-0.1, -0.05) is 31.2 Å². The molecule has 0 radical (unpaired) electrons. The van der Waals surface area contributed by atoms with Crippen molar-refractivity contribution in [2.24, 2.45) is 0 Å². The van der Waals surface area contributed by atoms with Crippen LogP contribution >= 0.6 is 0 Å². The summed E-state index contributed by atoms with van der Waals surface area (Å²) in [6.07, 6.45) is 6.25. The number of H-pyrrole nitrogens is 1. The first-order valence-corrected chi connectivity index (χ1v) is 9.08. The highest BCUT2D eigenvalue weighted by molar-refractivity contribution is 5.98. The van der Waals surface area contributed by atoms with E-state index in [-0.39, 0.29) is 5.91 Å². The Labute approximate surface area is 143 Å². The van der Waals surface area contributed by atoms with Crippen molar-refractivity contribution in [3.8, 4) is 11.3 Å². The van der Waals surface area contributed by atoms with Crippen LogP contribution in [0.3, 0.4) is 0 Å². The fourth-order valence-corrected chi connectivity index (χ4v) is 4.25. The third kappa shape index (κ3) is 2.65. The van der Waals surface area contributed by atoms with E-state index < -0.39 is 0 Å². The number of likely N-dealkylation sites (N-methyl/N-ethyl adjacent to an activating group) is 1. The molecule has 1 aromatic carbocycles. The Morgan fingerprint density at radius 1 is 1.33 bits per heavy atom. The number of fused-ring (bicyclic) bond motifs is 3. The second-order valence-electron chi connectivity index (χ2n) is 6.85. The summed E-state index contributed by atoms with van der Waals surface area (Å²) >= 11 is 0. The molecule has 0 saturated carbocycles. The number of nitrogens with one attached hydrogen (secondary N) is 2. The molecule has 2 heterocycles. The Morgan fingerprint density at radius 2 is 2.21 bits per heavy atom. The van der Waals surface area contributed by atoms with Gasteiger partial charge in [0.05, 0.1) is 5.56 Å². The summed E-state index contributed by atoms with van der Waals surface area (Å²) < 4.78 is 0. The summed E-state index contributed by atoms with van der Waals surface area (Å²) in [7, 11) is 0. The van der Waals surface area contributed by atoms with Crippen molar-refractivity contribution in [1.82, 2.24) is 15.2 Å². The summed E-state index contributed by atoms with van der Waals surface area (Å²) in [5.41, 5.74) is 5.72. The van der Waals surface area contributed by atoms with Gasteiger partial charge in [0.1, 0.15) is 0 Å². The Hall–Kier alpha value is -2.07. The Morgan fingerprint density at radius 3 is 3.08 bits per heavy atom. The highest BCUT2D eigenvalue weighted by atomic mass is 16.1. The lowest BCUT2D eigenvalue weighted by Crippen LogP contribution is -2.40. The van der Waals surface area contributed by atoms with Gasteiger partial charge in [0, 0.05) is 30.0 Å². The molecule has 1 aliphatic heterocycles. The van der Waals surface area contributed by atoms with E-state index in [1.54, 1.807) is 0 Å². The largest absolute Gasteiger partial charge is 0.360 e. The lowest BCUT2D eigenvalue weighted by molar-refractivity contribution is 0.0940. The van der Waals surface area contributed by atoms with Crippen molar-refractivity contribution in [2.75, 3.05) is 19.6 Å². The van der Waals surface area contributed by atoms with Gasteiger partial charge in [0.25, 0.3) is 5.91 Å². The van der Waals surface area contributed by atoms with E-state index in [1.165, 1.54) is 29.5 Å². The summed E-state index contributed by atoms with van der Waals surface area (Å²) in [5.74, 6) is 0.0647. The average Bonchev–Trinajstić information content (AvgIpc) is 3.26. The molecule has 2 aliphatic rings. The maximum atomic E-state index is 12.7. The van der Waals surface area contributed by atoms with Crippen LogP contribution in [0.4, 0.5) is 0 Å². The molecule has 1 aliphatic carbocycles. The van der Waals surface area contributed by atoms with Crippen molar-refractivity contribution >= 4 is 5.91 Å². The van der Waals surface area contributed by atoms with Crippen LogP contribution in [-0.4, -0.2) is 41.5 Å². The molecular formula is C20H25N3O. The fourth-order valence-electron chi connectivity index (χ4n) is 4.25. The smallest absolute Gasteiger partial charge is 0.253 e. The van der Waals surface area contributed by atoms with E-state index in [4.69, 9.17) is 0 Å². The number of aromatic amines is 1. The number of likely N-dealkylation sites (tertiary alicyclic amines) is 1. The molecule has 1 atom stereocenters. The zero-order valence-corrected chi connectivity index (χ0v) is 14.3. The molecule has 1 amide bonds. The average molecular weight is 323 g/mol. The molecule has 4 heteroatoms. The molecule has 1 aromatic heterocycles. The first kappa shape index (κ1) is 15.5. The third-order valence-corrected chi connectivity index (χ3v) is 5.57. The zero-order chi connectivity index (χ0) is 16.5. The van der Waals surface area contributed by atoms with Crippen molar-refractivity contribution in [3.05, 3.63) is 47.2 Å². The molecule has 0 spiro atoms. The monoisotopic (exact) mass is 323 g/mol. The van der Waals surface area contributed by atoms with Gasteiger partial charge >= 0.3 is 0 Å². The first-order chi connectivity index (χ1) is 11.8. The minimum Gasteiger partial charge on any atom is -0.360 e. The van der Waals surface area contributed by atoms with Crippen molar-refractivity contribution in [2.45, 2.75) is 38.6 Å². The van der Waals surface area contributed by atoms with Crippen molar-refractivity contribution < 1.29 is 4.79 Å². The van der Waals surface area contributed by atoms with E-state index in [0.29, 0.717) is 6.04 Å². The summed E-state index contributed by atoms with van der Waals surface area (Å²) in [5, 5.41) is 3.16. The maximum Gasteiger partial charge on any atom is 0.253 e. The Balaban J connectivity index is 1.50. The predicted octanol–water partition coefficient (Wildman–Crippen LogP) is 2.99. The van der Waals surface area contributed by atoms with Gasteiger partial charge in [0.15, 0.2) is 0 Å². The Bertz CT molecular complexity index is 749. The van der Waals surface area contributed by atoms with Crippen LogP contribution in [0.2, 0.25) is 0 Å². The van der Waals surface area contributed by atoms with E-state index in [2.05, 4.69) is 46.4 Å². The fraction of sp³-hybridized carbons (Fsp3) is 0.450. The van der Waals surface area contributed by atoms with E-state index in [1.807, 2.05) is 6.20 Å². The normalized spacial score (nSPS) is 19.8. The number of benzene rings is 1. The SMILES string of the molecule is CCN1CCC[C@@H]1CNC(=O)c1c[nH]c2c1CCc1ccccc1-2. The summed E-state index contributed by atoms with van der Waals surface area (Å²) in [4.78, 5) is 18.5. The summed E-state index contributed by atoms with van der Waals surface area (Å²) in [6, 6.07) is 8.96. The van der Waals surface area contributed by atoms with E-state index >= 15 is 0 Å². The summed E-state index contributed by atoms with van der Waals surface area (Å²) in [6.45, 7) is 5.17. The number of hydrogen-bond donors (Lipinski definition) is 2. The molecule has 24 heavy (non-hydrogen) atoms. The van der Waals surface area contributed by atoms with Crippen LogP contribution in [0.15, 0.2) is 30.5 Å². The van der Waals surface area contributed by atoms with E-state index in [0.717, 1.165) is 43.7 Å². The van der Waals surface area contributed by atoms with Gasteiger partial charge in [0.2, 0.25) is 0 Å². The second-order valence-corrected chi connectivity index (χ2v) is 6.85. The van der Waals surface area contributed by atoms with Crippen molar-refractivity contribution in [1.29, 1.82) is 0 Å². The molecule has 2 aromatic rings. The molecule has 4 nitrogen and oxygen atoms in total. The number of carbonyl (C=O) groups is 1. The number of nitrogens with zero attached hydrogens (tertiary/aromatic N) is 1. The molecule has 0 unspecified atom stereocenters. The Kier molecular flexibility index (Phi) is 4.15. The van der Waals surface area contributed by atoms with Crippen molar-refractivity contribution in [3.63, 3.8) is 0 Å². The van der Waals surface area contributed by atoms with Crippen LogP contribution < -0.4 is 5.32 Å². The molecule has 2 N–H and O–H groups in total. The van der Waals surface area contributed by atoms with Gasteiger partial charge in [-0.25, -0.2) is 0 Å². The molecular weight excluding hydrogens is 298 g/mol. The topological polar surface area (TPSA) is 48.1 Å². The molecule has 1 fully saturated rings. The van der Waals surface area contributed by atoms with Crippen LogP contribution in [-0.2, 0) is 12.8 Å². The minimum absolute atomic E-state index is 0.0647. The lowest BCUT2D eigenvalue weighted by atomic mass is 9.88. The predicted molar refractivity (Wildman–Crippen MR) is 96.2 cm³/mol. The van der Waals surface area contributed by atoms with E-state index in [9.17, 15) is 4.79 Å². The number of hydrogen-bond acceptors (Lipinski definition) is 2. The number of amides is 1. The van der Waals surface area contributed by atoms with Crippen LogP contribution in [0.1, 0.15) is 41.3 Å². The van der Waals surface area contributed by atoms with Crippen LogP contribution in [0.5, 0.6) is 0 Å². The lowest BCUT2D eigenvalue weighted by Gasteiger charge is -2.23. The van der Waals surface area contributed by atoms with Gasteiger partial charge < -0.3 is 10.3 Å². The highest BCUT2D eigenvalue weighted by Crippen LogP contribution is 2.34. The van der Waals surface area contributed by atoms with Gasteiger partial charge in [-0.05, 0) is 49.9 Å². The minimum atomic E-state index is 0.0647. The first-order valence-electron chi connectivity index (χ1n) is 9.08. The molecule has 126 valence electrons. The van der Waals surface area contributed by atoms with Gasteiger partial charge in [-0.15, -0.1) is 0 Å². The number of aromatic nitrogens is 1. The number of carbonyl (C=O) groups excluding carboxylic acids is 1. The second kappa shape index (κ2) is 6.44. The zero-order valence-electron chi connectivity index (χ0n) is 14.3. The molecule has 1 saturated heterocycles. The van der Waals surface area contributed by atoms with Crippen LogP contribution in [0.25, 0.3) is 11.3 Å². The quantitative estimate of drug-likeness (QED) is 0.909. The highest BCUT2D eigenvalue weighted by Gasteiger charge is 2.26. The number of rotatable bonds is 4. The third-order valence-electron chi connectivity index (χ3n) is 5.57. The number of aryl methyl sites for hydroxylation is 1. The van der Waals surface area contributed by atoms with Crippen LogP contribution in [0, 0.1) is 0 Å².